The number of aliphatic hydroxyl groups is 5. The molecule has 4 atom stereocenters. The fraction of sp³-hybridized carbons (Fsp3) is 0.600. The topological polar surface area (TPSA) is 179 Å². The summed E-state index contributed by atoms with van der Waals surface area (Å²) in [7, 11) is 0. The molecule has 0 fully saturated rings. The van der Waals surface area contributed by atoms with Crippen LogP contribution >= 0.6 is 0 Å². The fourth-order valence-corrected chi connectivity index (χ4v) is 0.805. The van der Waals surface area contributed by atoms with Crippen molar-refractivity contribution < 1.29 is 96.7 Å². The minimum atomic E-state index is -2.20. The zero-order chi connectivity index (χ0) is 15.6. The number of aliphatic carboxylic acids is 2. The third-order valence-electron chi connectivity index (χ3n) is 1.81. The molecule has 0 bridgehead atoms. The molecule has 0 amide bonds. The molecule has 0 rings (SSSR count). The van der Waals surface area contributed by atoms with Gasteiger partial charge in [-0.05, 0) is 13.0 Å². The van der Waals surface area contributed by atoms with E-state index in [4.69, 9.17) is 30.6 Å². The summed E-state index contributed by atoms with van der Waals surface area (Å²) in [6.07, 6.45) is -5.45. The molecule has 0 aromatic rings. The number of rotatable bonds is 6. The molecule has 112 valence electrons. The number of hydrogen-bond donors (Lipinski definition) is 6. The number of carboxylic acids is 2. The zero-order valence-corrected chi connectivity index (χ0v) is 14.2. The van der Waals surface area contributed by atoms with Crippen LogP contribution < -0.4 is 56.5 Å². The van der Waals surface area contributed by atoms with Crippen molar-refractivity contribution in [2.75, 3.05) is 6.61 Å². The van der Waals surface area contributed by atoms with E-state index >= 15 is 0 Å². The first-order valence-corrected chi connectivity index (χ1v) is 5.08. The van der Waals surface area contributed by atoms with E-state index in [1.165, 1.54) is 6.08 Å². The molecule has 0 aliphatic carbocycles. The summed E-state index contributed by atoms with van der Waals surface area (Å²) in [5.74, 6) is -2.87. The van der Waals surface area contributed by atoms with Crippen LogP contribution in [-0.4, -0.2) is 73.6 Å². The van der Waals surface area contributed by atoms with Gasteiger partial charge in [0.15, 0.2) is 6.10 Å². The summed E-state index contributed by atoms with van der Waals surface area (Å²) in [5.41, 5.74) is 0. The Balaban J connectivity index is -0.000000352. The Morgan fingerprint density at radius 1 is 1.15 bits per heavy atom. The largest absolute Gasteiger partial charge is 1.00 e. The molecule has 0 heterocycles. The van der Waals surface area contributed by atoms with Crippen molar-refractivity contribution in [1.29, 1.82) is 0 Å². The van der Waals surface area contributed by atoms with Crippen molar-refractivity contribution in [3.63, 3.8) is 0 Å². The van der Waals surface area contributed by atoms with E-state index in [0.29, 0.717) is 0 Å². The molecule has 0 aliphatic rings. The summed E-state index contributed by atoms with van der Waals surface area (Å²) < 4.78 is 0. The molecule has 10 heteroatoms. The molecule has 6 N–H and O–H groups in total. The Hall–Kier alpha value is 0.116. The summed E-state index contributed by atoms with van der Waals surface area (Å²) in [5, 5.41) is 61.2. The fourth-order valence-electron chi connectivity index (χ4n) is 0.805. The third kappa shape index (κ3) is 11.9. The summed E-state index contributed by atoms with van der Waals surface area (Å²) in [6.45, 7) is 0.778. The Morgan fingerprint density at radius 3 is 1.80 bits per heavy atom. The number of aliphatic hydroxyl groups excluding tert-OH is 5. The van der Waals surface area contributed by atoms with Gasteiger partial charge < -0.3 is 40.5 Å². The molecule has 9 nitrogen and oxygen atoms in total. The molecule has 0 saturated heterocycles. The van der Waals surface area contributed by atoms with Crippen molar-refractivity contribution in [2.45, 2.75) is 31.3 Å². The molecule has 0 aromatic carbocycles. The van der Waals surface area contributed by atoms with Crippen LogP contribution in [0.4, 0.5) is 0 Å². The second-order valence-electron chi connectivity index (χ2n) is 3.33. The van der Waals surface area contributed by atoms with Gasteiger partial charge in [-0.3, -0.25) is 0 Å². The summed E-state index contributed by atoms with van der Waals surface area (Å²) in [4.78, 5) is 19.5. The van der Waals surface area contributed by atoms with Gasteiger partial charge in [-0.15, -0.1) is 0 Å². The van der Waals surface area contributed by atoms with Crippen LogP contribution in [0, 0.1) is 0 Å². The van der Waals surface area contributed by atoms with Gasteiger partial charge in [-0.2, -0.15) is 0 Å². The van der Waals surface area contributed by atoms with Crippen LogP contribution in [0.3, 0.4) is 0 Å². The van der Waals surface area contributed by atoms with Crippen LogP contribution in [0.25, 0.3) is 0 Å². The van der Waals surface area contributed by atoms with Gasteiger partial charge in [-0.25, -0.2) is 4.79 Å². The Labute approximate surface area is 157 Å². The quantitative estimate of drug-likeness (QED) is 0.205. The van der Waals surface area contributed by atoms with Crippen LogP contribution in [0.15, 0.2) is 12.2 Å². The van der Waals surface area contributed by atoms with Crippen molar-refractivity contribution in [3.05, 3.63) is 12.2 Å². The maximum Gasteiger partial charge on any atom is 1.00 e. The molecule has 20 heavy (non-hydrogen) atoms. The van der Waals surface area contributed by atoms with Crippen molar-refractivity contribution >= 4 is 11.9 Å². The van der Waals surface area contributed by atoms with E-state index in [1.807, 2.05) is 0 Å². The van der Waals surface area contributed by atoms with E-state index in [1.54, 1.807) is 6.92 Å². The van der Waals surface area contributed by atoms with Crippen molar-refractivity contribution in [1.82, 2.24) is 0 Å². The van der Waals surface area contributed by atoms with Crippen LogP contribution in [0.1, 0.15) is 6.92 Å². The maximum absolute atomic E-state index is 10.1. The van der Waals surface area contributed by atoms with Gasteiger partial charge in [0.05, 0.1) is 12.6 Å². The second-order valence-corrected chi connectivity index (χ2v) is 3.33. The predicted molar refractivity (Wildman–Crippen MR) is 58.6 cm³/mol. The smallest absolute Gasteiger partial charge is 0.545 e. The summed E-state index contributed by atoms with van der Waals surface area (Å²) >= 11 is 0. The number of carboxylic acid groups (broad SMARTS) is 2. The van der Waals surface area contributed by atoms with Gasteiger partial charge in [-0.1, -0.05) is 6.08 Å². The van der Waals surface area contributed by atoms with Crippen LogP contribution in [0.2, 0.25) is 0 Å². The summed E-state index contributed by atoms with van der Waals surface area (Å²) in [6, 6.07) is 0. The molecule has 0 saturated carbocycles. The van der Waals surface area contributed by atoms with Gasteiger partial charge in [0, 0.05) is 0 Å². The zero-order valence-electron chi connectivity index (χ0n) is 11.1. The molecular weight excluding hydrogens is 303 g/mol. The SMILES string of the molecule is CC=CC(=O)[O-].O=C(O)C(O)C(O)C(O)C(O)CO.[K+]. The Bertz CT molecular complexity index is 307. The Kier molecular flexibility index (Phi) is 17.7. The predicted octanol–water partition coefficient (Wildman–Crippen LogP) is -7.18. The average molecular weight is 320 g/mol. The number of hydrogen-bond acceptors (Lipinski definition) is 8. The molecule has 0 aliphatic heterocycles. The second kappa shape index (κ2) is 14.1. The Morgan fingerprint density at radius 2 is 1.60 bits per heavy atom. The average Bonchev–Trinajstić information content (AvgIpc) is 2.35. The monoisotopic (exact) mass is 320 g/mol. The van der Waals surface area contributed by atoms with Gasteiger partial charge >= 0.3 is 57.4 Å². The molecule has 0 radical (unpaired) electrons. The first kappa shape index (κ1) is 25.1. The van der Waals surface area contributed by atoms with E-state index in [9.17, 15) is 14.7 Å². The molecule has 0 aromatic heterocycles. The van der Waals surface area contributed by atoms with E-state index in [0.717, 1.165) is 6.08 Å². The standard InChI is InChI=1S/C6H12O7.C4H6O2.K/c7-1-2(8)3(9)4(10)5(11)6(12)13;1-2-3-4(5)6;/h2-5,7-11H,1H2,(H,12,13);2-3H,1H3,(H,5,6);/q;;+1/p-1. The van der Waals surface area contributed by atoms with E-state index in [2.05, 4.69) is 0 Å². The normalized spacial score (nSPS) is 16.1. The number of carbonyl (C=O) groups excluding carboxylic acids is 1. The van der Waals surface area contributed by atoms with Gasteiger partial charge in [0.25, 0.3) is 0 Å². The first-order chi connectivity index (χ1) is 8.68. The van der Waals surface area contributed by atoms with Crippen LogP contribution in [-0.2, 0) is 9.59 Å². The number of carbonyl (C=O) groups is 2. The van der Waals surface area contributed by atoms with Crippen molar-refractivity contribution in [3.8, 4) is 0 Å². The minimum absolute atomic E-state index is 0. The third-order valence-corrected chi connectivity index (χ3v) is 1.81. The molecule has 4 unspecified atom stereocenters. The molecular formula is C10H17KO9. The van der Waals surface area contributed by atoms with Crippen molar-refractivity contribution in [2.24, 2.45) is 0 Å². The number of allylic oxidation sites excluding steroid dienone is 1. The van der Waals surface area contributed by atoms with E-state index in [-0.39, 0.29) is 51.4 Å². The molecule has 0 spiro atoms. The first-order valence-electron chi connectivity index (χ1n) is 5.08. The van der Waals surface area contributed by atoms with Gasteiger partial charge in [0.2, 0.25) is 0 Å². The maximum atomic E-state index is 10.1. The minimum Gasteiger partial charge on any atom is -0.545 e. The van der Waals surface area contributed by atoms with Gasteiger partial charge in [0.1, 0.15) is 18.3 Å². The van der Waals surface area contributed by atoms with Crippen LogP contribution in [0.5, 0.6) is 0 Å². The van der Waals surface area contributed by atoms with E-state index < -0.39 is 43.0 Å².